The summed E-state index contributed by atoms with van der Waals surface area (Å²) in [5, 5.41) is 9.15. The molecular weight excluding hydrogens is 256 g/mol. The molecule has 0 aliphatic heterocycles. The Morgan fingerprint density at radius 2 is 1.70 bits per heavy atom. The Morgan fingerprint density at radius 1 is 1.10 bits per heavy atom. The molecule has 0 aromatic heterocycles. The summed E-state index contributed by atoms with van der Waals surface area (Å²) in [6, 6.07) is 0. The van der Waals surface area contributed by atoms with Gasteiger partial charge in [-0.05, 0) is 38.5 Å². The van der Waals surface area contributed by atoms with Crippen LogP contribution in [0.15, 0.2) is 0 Å². The summed E-state index contributed by atoms with van der Waals surface area (Å²) in [6.07, 6.45) is 4.37. The number of unbranched alkanes of at least 4 members (excludes halogenated alkanes) is 1. The molecule has 0 aromatic rings. The fourth-order valence-electron chi connectivity index (χ4n) is 2.03. The van der Waals surface area contributed by atoms with Crippen molar-refractivity contribution in [3.63, 3.8) is 0 Å². The number of rotatable bonds is 10. The second-order valence-corrected chi connectivity index (χ2v) is 7.32. The minimum Gasteiger partial charge on any atom is -0.479 e. The predicted octanol–water partition coefficient (Wildman–Crippen LogP) is 4.57. The predicted molar refractivity (Wildman–Crippen MR) is 80.5 cm³/mol. The molecule has 0 fully saturated rings. The maximum atomic E-state index is 11.2. The van der Waals surface area contributed by atoms with Crippen LogP contribution in [0.3, 0.4) is 0 Å². The van der Waals surface area contributed by atoms with E-state index in [0.717, 1.165) is 32.1 Å². The van der Waals surface area contributed by atoms with Crippen LogP contribution in [-0.4, -0.2) is 22.8 Å². The van der Waals surface area contributed by atoms with Gasteiger partial charge in [-0.3, -0.25) is 0 Å². The lowest BCUT2D eigenvalue weighted by Crippen LogP contribution is -2.31. The SMILES string of the molecule is CCCC(C)(C)OOC(CCCCC(C)(C)C)C(=O)O. The third kappa shape index (κ3) is 10.2. The summed E-state index contributed by atoms with van der Waals surface area (Å²) in [5.74, 6) is -0.951. The quantitative estimate of drug-likeness (QED) is 0.363. The number of carbonyl (C=O) groups is 1. The number of hydrogen-bond donors (Lipinski definition) is 1. The Morgan fingerprint density at radius 3 is 2.15 bits per heavy atom. The van der Waals surface area contributed by atoms with E-state index in [1.165, 1.54) is 0 Å². The largest absolute Gasteiger partial charge is 0.479 e. The molecule has 0 aliphatic rings. The van der Waals surface area contributed by atoms with Crippen molar-refractivity contribution in [3.05, 3.63) is 0 Å². The van der Waals surface area contributed by atoms with Crippen molar-refractivity contribution in [1.29, 1.82) is 0 Å². The van der Waals surface area contributed by atoms with Gasteiger partial charge in [0.15, 0.2) is 6.10 Å². The van der Waals surface area contributed by atoms with Gasteiger partial charge in [0.1, 0.15) is 0 Å². The Kier molecular flexibility index (Phi) is 8.36. The molecule has 20 heavy (non-hydrogen) atoms. The molecule has 0 bridgehead atoms. The van der Waals surface area contributed by atoms with Crippen LogP contribution in [0.1, 0.15) is 80.1 Å². The molecule has 0 spiro atoms. The highest BCUT2D eigenvalue weighted by atomic mass is 17.2. The zero-order chi connectivity index (χ0) is 15.8. The molecule has 0 radical (unpaired) electrons. The molecule has 0 saturated carbocycles. The third-order valence-electron chi connectivity index (χ3n) is 3.16. The first kappa shape index (κ1) is 19.4. The first-order valence-corrected chi connectivity index (χ1v) is 7.65. The second-order valence-electron chi connectivity index (χ2n) is 7.32. The monoisotopic (exact) mass is 288 g/mol. The number of hydrogen-bond acceptors (Lipinski definition) is 3. The van der Waals surface area contributed by atoms with Gasteiger partial charge in [0.05, 0.1) is 5.60 Å². The Labute approximate surface area is 123 Å². The molecule has 1 unspecified atom stereocenters. The topological polar surface area (TPSA) is 55.8 Å². The number of carboxylic acid groups (broad SMARTS) is 1. The van der Waals surface area contributed by atoms with E-state index in [9.17, 15) is 4.79 Å². The van der Waals surface area contributed by atoms with Crippen molar-refractivity contribution in [2.75, 3.05) is 0 Å². The van der Waals surface area contributed by atoms with Crippen LogP contribution in [0.4, 0.5) is 0 Å². The van der Waals surface area contributed by atoms with Crippen molar-refractivity contribution in [1.82, 2.24) is 0 Å². The minimum atomic E-state index is -0.951. The molecule has 0 amide bonds. The van der Waals surface area contributed by atoms with E-state index in [1.54, 1.807) is 0 Å². The van der Waals surface area contributed by atoms with Crippen molar-refractivity contribution < 1.29 is 19.7 Å². The summed E-state index contributed by atoms with van der Waals surface area (Å²) < 4.78 is 0. The first-order chi connectivity index (χ1) is 9.07. The van der Waals surface area contributed by atoms with E-state index < -0.39 is 17.7 Å². The van der Waals surface area contributed by atoms with Gasteiger partial charge >= 0.3 is 5.97 Å². The lowest BCUT2D eigenvalue weighted by molar-refractivity contribution is -0.373. The van der Waals surface area contributed by atoms with Gasteiger partial charge in [-0.1, -0.05) is 47.0 Å². The normalized spacial score (nSPS) is 14.3. The highest BCUT2D eigenvalue weighted by molar-refractivity contribution is 5.72. The van der Waals surface area contributed by atoms with Gasteiger partial charge < -0.3 is 5.11 Å². The molecule has 4 heteroatoms. The average molecular weight is 288 g/mol. The van der Waals surface area contributed by atoms with Crippen molar-refractivity contribution in [2.45, 2.75) is 91.8 Å². The highest BCUT2D eigenvalue weighted by Crippen LogP contribution is 2.23. The molecule has 0 rings (SSSR count). The smallest absolute Gasteiger partial charge is 0.336 e. The maximum Gasteiger partial charge on any atom is 0.336 e. The van der Waals surface area contributed by atoms with Gasteiger partial charge in [-0.25, -0.2) is 14.6 Å². The molecule has 0 aliphatic carbocycles. The van der Waals surface area contributed by atoms with E-state index in [1.807, 2.05) is 13.8 Å². The third-order valence-corrected chi connectivity index (χ3v) is 3.16. The van der Waals surface area contributed by atoms with Gasteiger partial charge in [-0.15, -0.1) is 0 Å². The molecule has 1 atom stereocenters. The standard InChI is InChI=1S/C16H32O4/c1-7-11-16(5,6)20-19-13(14(17)18)10-8-9-12-15(2,3)4/h13H,7-12H2,1-6H3,(H,17,18). The van der Waals surface area contributed by atoms with Gasteiger partial charge in [0, 0.05) is 0 Å². The van der Waals surface area contributed by atoms with Crippen LogP contribution < -0.4 is 0 Å². The Hall–Kier alpha value is -0.610. The van der Waals surface area contributed by atoms with Crippen molar-refractivity contribution >= 4 is 5.97 Å². The summed E-state index contributed by atoms with van der Waals surface area (Å²) in [4.78, 5) is 21.6. The van der Waals surface area contributed by atoms with Crippen molar-refractivity contribution in [2.24, 2.45) is 5.41 Å². The summed E-state index contributed by atoms with van der Waals surface area (Å²) in [5.41, 5.74) is -0.146. The van der Waals surface area contributed by atoms with Crippen molar-refractivity contribution in [3.8, 4) is 0 Å². The number of carboxylic acids is 1. The minimum absolute atomic E-state index is 0.291. The Bertz CT molecular complexity index is 279. The van der Waals surface area contributed by atoms with E-state index in [0.29, 0.717) is 11.8 Å². The number of aliphatic carboxylic acids is 1. The first-order valence-electron chi connectivity index (χ1n) is 7.65. The fourth-order valence-corrected chi connectivity index (χ4v) is 2.03. The molecule has 120 valence electrons. The van der Waals surface area contributed by atoms with E-state index >= 15 is 0 Å². The fraction of sp³-hybridized carbons (Fsp3) is 0.938. The Balaban J connectivity index is 4.09. The molecule has 0 aromatic carbocycles. The molecule has 4 nitrogen and oxygen atoms in total. The van der Waals surface area contributed by atoms with Crippen LogP contribution >= 0.6 is 0 Å². The van der Waals surface area contributed by atoms with Crippen LogP contribution in [0, 0.1) is 5.41 Å². The van der Waals surface area contributed by atoms with Crippen LogP contribution in [0.2, 0.25) is 0 Å². The van der Waals surface area contributed by atoms with Crippen LogP contribution in [-0.2, 0) is 14.6 Å². The maximum absolute atomic E-state index is 11.2. The van der Waals surface area contributed by atoms with Gasteiger partial charge in [-0.2, -0.15) is 0 Å². The molecule has 0 saturated heterocycles. The van der Waals surface area contributed by atoms with Crippen LogP contribution in [0.5, 0.6) is 0 Å². The summed E-state index contributed by atoms with van der Waals surface area (Å²) >= 11 is 0. The van der Waals surface area contributed by atoms with Crippen LogP contribution in [0.25, 0.3) is 0 Å². The van der Waals surface area contributed by atoms with E-state index in [-0.39, 0.29) is 0 Å². The zero-order valence-corrected chi connectivity index (χ0v) is 14.0. The molecule has 1 N–H and O–H groups in total. The second kappa shape index (κ2) is 8.63. The molecular formula is C16H32O4. The highest BCUT2D eigenvalue weighted by Gasteiger charge is 2.25. The van der Waals surface area contributed by atoms with E-state index in [2.05, 4.69) is 27.7 Å². The van der Waals surface area contributed by atoms with Gasteiger partial charge in [0.25, 0.3) is 0 Å². The summed E-state index contributed by atoms with van der Waals surface area (Å²) in [7, 11) is 0. The average Bonchev–Trinajstić information content (AvgIpc) is 2.25. The zero-order valence-electron chi connectivity index (χ0n) is 14.0. The van der Waals surface area contributed by atoms with E-state index in [4.69, 9.17) is 14.9 Å². The lowest BCUT2D eigenvalue weighted by Gasteiger charge is -2.25. The lowest BCUT2D eigenvalue weighted by atomic mass is 9.89. The molecule has 0 heterocycles. The summed E-state index contributed by atoms with van der Waals surface area (Å²) in [6.45, 7) is 12.5. The van der Waals surface area contributed by atoms with Gasteiger partial charge in [0.2, 0.25) is 0 Å².